The molecule has 3 aromatic rings. The van der Waals surface area contributed by atoms with Crippen LogP contribution in [-0.2, 0) is 6.54 Å². The first-order valence-corrected chi connectivity index (χ1v) is 10.2. The van der Waals surface area contributed by atoms with E-state index in [0.717, 1.165) is 41.2 Å². The van der Waals surface area contributed by atoms with Crippen LogP contribution >= 0.6 is 0 Å². The Morgan fingerprint density at radius 2 is 1.93 bits per heavy atom. The first-order valence-electron chi connectivity index (χ1n) is 10.2. The molecule has 1 aliphatic heterocycles. The summed E-state index contributed by atoms with van der Waals surface area (Å²) in [6, 6.07) is 15.6. The van der Waals surface area contributed by atoms with Crippen molar-refractivity contribution >= 4 is 22.8 Å². The van der Waals surface area contributed by atoms with Crippen molar-refractivity contribution in [2.45, 2.75) is 25.8 Å². The molecule has 4 rings (SSSR count). The molecule has 1 aliphatic rings. The summed E-state index contributed by atoms with van der Waals surface area (Å²) in [6.07, 6.45) is 3.86. The van der Waals surface area contributed by atoms with E-state index >= 15 is 0 Å². The number of hydrogen-bond acceptors (Lipinski definition) is 4. The molecule has 1 aromatic heterocycles. The van der Waals surface area contributed by atoms with Gasteiger partial charge in [0.2, 0.25) is 0 Å². The Kier molecular flexibility index (Phi) is 5.72. The number of ether oxygens (including phenoxy) is 1. The summed E-state index contributed by atoms with van der Waals surface area (Å²) >= 11 is 0. The molecule has 156 valence electrons. The molecule has 0 saturated carbocycles. The summed E-state index contributed by atoms with van der Waals surface area (Å²) in [7, 11) is 1.47. The number of fused-ring (bicyclic) bond motifs is 1. The number of hydrogen-bond donors (Lipinski definition) is 3. The van der Waals surface area contributed by atoms with Crippen LogP contribution in [0.15, 0.2) is 48.5 Å². The van der Waals surface area contributed by atoms with Crippen LogP contribution in [0.25, 0.3) is 10.9 Å². The minimum Gasteiger partial charge on any atom is -0.455 e. The molecule has 0 radical (unpaired) electrons. The molecule has 1 saturated heterocycles. The van der Waals surface area contributed by atoms with Gasteiger partial charge in [-0.15, -0.1) is 0 Å². The van der Waals surface area contributed by atoms with Gasteiger partial charge in [0.15, 0.2) is 11.7 Å². The number of H-pyrrole nitrogens is 1. The number of rotatable bonds is 5. The summed E-state index contributed by atoms with van der Waals surface area (Å²) in [5.74, 6) is 0.737. The highest BCUT2D eigenvalue weighted by Crippen LogP contribution is 2.31. The van der Waals surface area contributed by atoms with Crippen LogP contribution in [0.2, 0.25) is 0 Å². The molecular formula is C23H27N5O2. The molecule has 2 aromatic carbocycles. The van der Waals surface area contributed by atoms with E-state index in [1.807, 2.05) is 30.3 Å². The van der Waals surface area contributed by atoms with Crippen LogP contribution in [-0.4, -0.2) is 46.8 Å². The van der Waals surface area contributed by atoms with Gasteiger partial charge in [0.05, 0.1) is 5.52 Å². The van der Waals surface area contributed by atoms with Gasteiger partial charge in [-0.2, -0.15) is 0 Å². The van der Waals surface area contributed by atoms with Crippen molar-refractivity contribution in [3.8, 4) is 11.5 Å². The molecule has 2 heterocycles. The molecule has 4 N–H and O–H groups in total. The highest BCUT2D eigenvalue weighted by Gasteiger charge is 2.18. The largest absolute Gasteiger partial charge is 0.455 e. The molecule has 0 atom stereocenters. The van der Waals surface area contributed by atoms with E-state index in [-0.39, 0.29) is 11.9 Å². The fourth-order valence-electron chi connectivity index (χ4n) is 3.83. The van der Waals surface area contributed by atoms with Gasteiger partial charge >= 0.3 is 0 Å². The van der Waals surface area contributed by atoms with E-state index in [1.54, 1.807) is 6.07 Å². The first kappa shape index (κ1) is 20.0. The number of amides is 1. The zero-order valence-corrected chi connectivity index (χ0v) is 17.1. The third-order valence-electron chi connectivity index (χ3n) is 5.50. The number of carbonyl (C=O) groups excluding carboxylic acids is 1. The molecule has 7 heteroatoms. The molecule has 1 amide bonds. The van der Waals surface area contributed by atoms with Crippen molar-refractivity contribution in [3.63, 3.8) is 0 Å². The van der Waals surface area contributed by atoms with Gasteiger partial charge in [-0.05, 0) is 55.8 Å². The number of carbonyl (C=O) groups is 1. The number of likely N-dealkylation sites (tertiary alicyclic amines) is 1. The highest BCUT2D eigenvalue weighted by molar-refractivity contribution is 6.06. The van der Waals surface area contributed by atoms with Crippen molar-refractivity contribution in [1.29, 1.82) is 5.41 Å². The summed E-state index contributed by atoms with van der Waals surface area (Å²) in [4.78, 5) is 19.2. The number of guanidine groups is 1. The Balaban J connectivity index is 1.56. The third-order valence-corrected chi connectivity index (χ3v) is 5.50. The van der Waals surface area contributed by atoms with E-state index in [4.69, 9.17) is 15.9 Å². The molecule has 0 bridgehead atoms. The second-order valence-corrected chi connectivity index (χ2v) is 7.74. The van der Waals surface area contributed by atoms with Crippen molar-refractivity contribution < 1.29 is 9.53 Å². The maximum Gasteiger partial charge on any atom is 0.276 e. The minimum absolute atomic E-state index is 0.305. The lowest BCUT2D eigenvalue weighted by atomic mass is 10.1. The standard InChI is InChI=1S/C23H27N5O2/c1-27(23(24)25)22(29)19-14-17-8-6-10-20(21(17)26-19)30-18-9-5-7-16(13-18)15-28-11-3-2-4-12-28/h5-10,13-14,26H,2-4,11-12,15H2,1H3,(H3,24,25). The van der Waals surface area contributed by atoms with Crippen LogP contribution in [0.4, 0.5) is 0 Å². The van der Waals surface area contributed by atoms with Crippen LogP contribution in [0.1, 0.15) is 35.3 Å². The Bertz CT molecular complexity index is 1070. The van der Waals surface area contributed by atoms with Gasteiger partial charge in [-0.1, -0.05) is 30.7 Å². The third kappa shape index (κ3) is 4.31. The second kappa shape index (κ2) is 8.59. The van der Waals surface area contributed by atoms with Crippen LogP contribution < -0.4 is 10.5 Å². The van der Waals surface area contributed by atoms with E-state index in [9.17, 15) is 4.79 Å². The summed E-state index contributed by atoms with van der Waals surface area (Å²) in [5, 5.41) is 8.32. The van der Waals surface area contributed by atoms with Crippen LogP contribution in [0, 0.1) is 5.41 Å². The van der Waals surface area contributed by atoms with Gasteiger partial charge in [0.1, 0.15) is 11.4 Å². The van der Waals surface area contributed by atoms with E-state index in [1.165, 1.54) is 31.9 Å². The normalized spacial score (nSPS) is 14.6. The van der Waals surface area contributed by atoms with E-state index < -0.39 is 0 Å². The van der Waals surface area contributed by atoms with Crippen LogP contribution in [0.5, 0.6) is 11.5 Å². The number of nitrogens with zero attached hydrogens (tertiary/aromatic N) is 2. The Morgan fingerprint density at radius 3 is 2.70 bits per heavy atom. The average Bonchev–Trinajstić information content (AvgIpc) is 3.19. The van der Waals surface area contributed by atoms with Gasteiger partial charge in [-0.25, -0.2) is 0 Å². The summed E-state index contributed by atoms with van der Waals surface area (Å²) in [6.45, 7) is 3.23. The van der Waals surface area contributed by atoms with Crippen molar-refractivity contribution in [3.05, 3.63) is 59.8 Å². The minimum atomic E-state index is -0.367. The van der Waals surface area contributed by atoms with Gasteiger partial charge in [0.25, 0.3) is 5.91 Å². The molecule has 1 fully saturated rings. The fraction of sp³-hybridized carbons (Fsp3) is 0.304. The summed E-state index contributed by atoms with van der Waals surface area (Å²) < 4.78 is 6.18. The fourth-order valence-corrected chi connectivity index (χ4v) is 3.83. The van der Waals surface area contributed by atoms with Gasteiger partial charge in [0, 0.05) is 19.0 Å². The van der Waals surface area contributed by atoms with Gasteiger partial charge < -0.3 is 15.5 Å². The zero-order valence-electron chi connectivity index (χ0n) is 17.1. The van der Waals surface area contributed by atoms with Crippen molar-refractivity contribution in [1.82, 2.24) is 14.8 Å². The van der Waals surface area contributed by atoms with Crippen molar-refractivity contribution in [2.24, 2.45) is 5.73 Å². The summed E-state index contributed by atoms with van der Waals surface area (Å²) in [5.41, 5.74) is 7.75. The van der Waals surface area contributed by atoms with Gasteiger partial charge in [-0.3, -0.25) is 20.0 Å². The average molecular weight is 406 g/mol. The maximum atomic E-state index is 12.5. The van der Waals surface area contributed by atoms with E-state index in [0.29, 0.717) is 11.4 Å². The number of para-hydroxylation sites is 1. The molecular weight excluding hydrogens is 378 g/mol. The predicted octanol–water partition coefficient (Wildman–Crippen LogP) is 3.91. The van der Waals surface area contributed by atoms with E-state index in [2.05, 4.69) is 22.0 Å². The number of nitrogens with one attached hydrogen (secondary N) is 2. The predicted molar refractivity (Wildman–Crippen MR) is 118 cm³/mol. The highest BCUT2D eigenvalue weighted by atomic mass is 16.5. The lowest BCUT2D eigenvalue weighted by Crippen LogP contribution is -2.38. The quantitative estimate of drug-likeness (QED) is 0.443. The zero-order chi connectivity index (χ0) is 21.1. The molecule has 30 heavy (non-hydrogen) atoms. The number of piperidine rings is 1. The Morgan fingerprint density at radius 1 is 1.17 bits per heavy atom. The molecule has 0 spiro atoms. The first-order chi connectivity index (χ1) is 14.5. The monoisotopic (exact) mass is 405 g/mol. The van der Waals surface area contributed by atoms with Crippen LogP contribution in [0.3, 0.4) is 0 Å². The second-order valence-electron chi connectivity index (χ2n) is 7.74. The maximum absolute atomic E-state index is 12.5. The molecule has 7 nitrogen and oxygen atoms in total. The number of aromatic nitrogens is 1. The lowest BCUT2D eigenvalue weighted by Gasteiger charge is -2.26. The Labute approximate surface area is 175 Å². The smallest absolute Gasteiger partial charge is 0.276 e. The number of benzene rings is 2. The lowest BCUT2D eigenvalue weighted by molar-refractivity contribution is 0.0864. The molecule has 0 unspecified atom stereocenters. The number of nitrogens with two attached hydrogens (primary N) is 1. The Hall–Kier alpha value is -3.32. The van der Waals surface area contributed by atoms with Crippen molar-refractivity contribution in [2.75, 3.05) is 20.1 Å². The number of aromatic amines is 1. The topological polar surface area (TPSA) is 98.4 Å². The SMILES string of the molecule is CN(C(=N)N)C(=O)c1cc2cccc(Oc3cccc(CN4CCCCC4)c3)c2[nH]1. The molecule has 0 aliphatic carbocycles.